The molecular formula is C19H19ClN2O2. The van der Waals surface area contributed by atoms with E-state index >= 15 is 0 Å². The van der Waals surface area contributed by atoms with Gasteiger partial charge in [0, 0.05) is 22.7 Å². The summed E-state index contributed by atoms with van der Waals surface area (Å²) in [5.41, 5.74) is 3.45. The lowest BCUT2D eigenvalue weighted by molar-refractivity contribution is -0.118. The van der Waals surface area contributed by atoms with E-state index in [2.05, 4.69) is 24.5 Å². The van der Waals surface area contributed by atoms with Gasteiger partial charge in [0.2, 0.25) is 0 Å². The second-order valence-corrected chi connectivity index (χ2v) is 7.68. The van der Waals surface area contributed by atoms with Gasteiger partial charge in [-0.3, -0.25) is 4.79 Å². The monoisotopic (exact) mass is 342 g/mol. The van der Waals surface area contributed by atoms with Crippen LogP contribution in [-0.2, 0) is 4.79 Å². The van der Waals surface area contributed by atoms with Crippen LogP contribution in [-0.4, -0.2) is 5.78 Å². The van der Waals surface area contributed by atoms with Crippen molar-refractivity contribution < 1.29 is 9.21 Å². The quantitative estimate of drug-likeness (QED) is 0.752. The third-order valence-electron chi connectivity index (χ3n) is 4.60. The lowest BCUT2D eigenvalue weighted by Gasteiger charge is -2.33. The van der Waals surface area contributed by atoms with Crippen molar-refractivity contribution in [1.82, 2.24) is 0 Å². The number of carbonyl (C=O) groups excluding carboxylic acids is 1. The molecule has 0 fully saturated rings. The van der Waals surface area contributed by atoms with Crippen molar-refractivity contribution in [3.8, 4) is 0 Å². The Bertz CT molecular complexity index is 837. The van der Waals surface area contributed by atoms with Gasteiger partial charge in [-0.2, -0.15) is 0 Å². The van der Waals surface area contributed by atoms with E-state index in [1.807, 2.05) is 30.3 Å². The van der Waals surface area contributed by atoms with E-state index in [9.17, 15) is 4.79 Å². The number of hydrogen-bond donors (Lipinski definition) is 2. The first kappa shape index (κ1) is 15.3. The minimum Gasteiger partial charge on any atom is -0.467 e. The number of fused-ring (bicyclic) bond motifs is 1. The van der Waals surface area contributed by atoms with Crippen LogP contribution in [0.3, 0.4) is 0 Å². The molecule has 4 nitrogen and oxygen atoms in total. The fraction of sp³-hybridized carbons (Fsp3) is 0.316. The van der Waals surface area contributed by atoms with Gasteiger partial charge in [0.15, 0.2) is 5.78 Å². The Hall–Kier alpha value is -2.20. The number of Topliss-reactive ketones (excluding diaryl/α,β-unsaturated/α-hetero) is 1. The lowest BCUT2D eigenvalue weighted by Crippen LogP contribution is -2.31. The fourth-order valence-corrected chi connectivity index (χ4v) is 3.76. The number of nitrogens with one attached hydrogen (secondary N) is 2. The zero-order valence-electron chi connectivity index (χ0n) is 13.7. The summed E-state index contributed by atoms with van der Waals surface area (Å²) in [6.45, 7) is 4.25. The van der Waals surface area contributed by atoms with Gasteiger partial charge in [0.05, 0.1) is 17.6 Å². The highest BCUT2D eigenvalue weighted by Gasteiger charge is 2.39. The van der Waals surface area contributed by atoms with Crippen LogP contribution in [0.25, 0.3) is 0 Å². The third-order valence-corrected chi connectivity index (χ3v) is 4.84. The van der Waals surface area contributed by atoms with Crippen molar-refractivity contribution in [1.29, 1.82) is 0 Å². The van der Waals surface area contributed by atoms with E-state index in [0.717, 1.165) is 34.8 Å². The average molecular weight is 343 g/mol. The number of rotatable bonds is 1. The molecule has 2 heterocycles. The van der Waals surface area contributed by atoms with E-state index in [1.54, 1.807) is 6.26 Å². The molecular weight excluding hydrogens is 324 g/mol. The third kappa shape index (κ3) is 2.61. The van der Waals surface area contributed by atoms with Gasteiger partial charge in [0.25, 0.3) is 0 Å². The van der Waals surface area contributed by atoms with Gasteiger partial charge in [-0.05, 0) is 42.2 Å². The van der Waals surface area contributed by atoms with Crippen molar-refractivity contribution in [2.75, 3.05) is 10.6 Å². The van der Waals surface area contributed by atoms with Gasteiger partial charge in [-0.1, -0.05) is 25.4 Å². The molecule has 1 atom stereocenters. The van der Waals surface area contributed by atoms with Crippen molar-refractivity contribution >= 4 is 28.8 Å². The molecule has 24 heavy (non-hydrogen) atoms. The standard InChI is InChI=1S/C19H19ClN2O2/c1-19(2)9-14-17(15(23)10-19)18(16-4-3-7-24-16)22-13-8-11(20)5-6-12(13)21-14/h3-8,18,21-22H,9-10H2,1-2H3. The number of hydrogen-bond acceptors (Lipinski definition) is 4. The number of furan rings is 1. The molecule has 0 amide bonds. The predicted octanol–water partition coefficient (Wildman–Crippen LogP) is 5.15. The molecule has 0 saturated heterocycles. The van der Waals surface area contributed by atoms with Crippen LogP contribution in [0.1, 0.15) is 38.5 Å². The Kier molecular flexibility index (Phi) is 3.46. The van der Waals surface area contributed by atoms with Gasteiger partial charge >= 0.3 is 0 Å². The number of benzene rings is 1. The van der Waals surface area contributed by atoms with E-state index in [-0.39, 0.29) is 17.2 Å². The van der Waals surface area contributed by atoms with Crippen LogP contribution in [0.15, 0.2) is 52.3 Å². The molecule has 1 aliphatic carbocycles. The predicted molar refractivity (Wildman–Crippen MR) is 95.2 cm³/mol. The number of allylic oxidation sites excluding steroid dienone is 1. The normalized spacial score (nSPS) is 22.1. The summed E-state index contributed by atoms with van der Waals surface area (Å²) in [7, 11) is 0. The molecule has 0 bridgehead atoms. The number of anilines is 2. The van der Waals surface area contributed by atoms with Crippen LogP contribution in [0.5, 0.6) is 0 Å². The first-order valence-corrected chi connectivity index (χ1v) is 8.43. The van der Waals surface area contributed by atoms with Gasteiger partial charge in [-0.15, -0.1) is 0 Å². The van der Waals surface area contributed by atoms with Crippen LogP contribution in [0, 0.1) is 5.41 Å². The number of ketones is 1. The molecule has 4 rings (SSSR count). The maximum atomic E-state index is 12.9. The van der Waals surface area contributed by atoms with E-state index in [1.165, 1.54) is 0 Å². The van der Waals surface area contributed by atoms with Crippen LogP contribution in [0.2, 0.25) is 5.02 Å². The summed E-state index contributed by atoms with van der Waals surface area (Å²) >= 11 is 6.16. The van der Waals surface area contributed by atoms with E-state index < -0.39 is 0 Å². The van der Waals surface area contributed by atoms with Gasteiger partial charge in [-0.25, -0.2) is 0 Å². The Labute approximate surface area is 145 Å². The topological polar surface area (TPSA) is 54.3 Å². The number of halogens is 1. The van der Waals surface area contributed by atoms with Crippen LogP contribution >= 0.6 is 11.6 Å². The summed E-state index contributed by atoms with van der Waals surface area (Å²) in [4.78, 5) is 12.9. The second kappa shape index (κ2) is 5.42. The molecule has 0 spiro atoms. The maximum Gasteiger partial charge on any atom is 0.163 e. The minimum atomic E-state index is -0.314. The summed E-state index contributed by atoms with van der Waals surface area (Å²) in [6.07, 6.45) is 2.98. The molecule has 2 N–H and O–H groups in total. The molecule has 5 heteroatoms. The maximum absolute atomic E-state index is 12.9. The van der Waals surface area contributed by atoms with Crippen LogP contribution in [0.4, 0.5) is 11.4 Å². The molecule has 2 aromatic rings. The average Bonchev–Trinajstić information content (AvgIpc) is 2.96. The molecule has 1 aliphatic heterocycles. The molecule has 2 aliphatic rings. The molecule has 1 aromatic carbocycles. The van der Waals surface area contributed by atoms with Gasteiger partial charge < -0.3 is 15.1 Å². The first-order chi connectivity index (χ1) is 11.4. The Morgan fingerprint density at radius 1 is 1.21 bits per heavy atom. The number of carbonyl (C=O) groups is 1. The first-order valence-electron chi connectivity index (χ1n) is 8.06. The minimum absolute atomic E-state index is 0.0619. The molecule has 1 unspecified atom stereocenters. The van der Waals surface area contributed by atoms with Crippen LogP contribution < -0.4 is 10.6 Å². The summed E-state index contributed by atoms with van der Waals surface area (Å²) in [5, 5.41) is 7.55. The van der Waals surface area contributed by atoms with Crippen molar-refractivity contribution in [3.63, 3.8) is 0 Å². The van der Waals surface area contributed by atoms with Crippen molar-refractivity contribution in [2.45, 2.75) is 32.7 Å². The summed E-state index contributed by atoms with van der Waals surface area (Å²) < 4.78 is 5.61. The lowest BCUT2D eigenvalue weighted by atomic mass is 9.74. The Balaban J connectivity index is 1.89. The fourth-order valence-electron chi connectivity index (χ4n) is 3.59. The van der Waals surface area contributed by atoms with Crippen molar-refractivity contribution in [2.24, 2.45) is 5.41 Å². The van der Waals surface area contributed by atoms with Gasteiger partial charge in [0.1, 0.15) is 11.8 Å². The summed E-state index contributed by atoms with van der Waals surface area (Å²) in [5.74, 6) is 0.881. The van der Waals surface area contributed by atoms with Crippen molar-refractivity contribution in [3.05, 3.63) is 58.6 Å². The highest BCUT2D eigenvalue weighted by molar-refractivity contribution is 6.31. The van der Waals surface area contributed by atoms with E-state index in [4.69, 9.17) is 16.0 Å². The zero-order valence-corrected chi connectivity index (χ0v) is 14.4. The summed E-state index contributed by atoms with van der Waals surface area (Å²) in [6, 6.07) is 9.07. The Morgan fingerprint density at radius 2 is 2.04 bits per heavy atom. The molecule has 1 aromatic heterocycles. The molecule has 0 saturated carbocycles. The molecule has 124 valence electrons. The second-order valence-electron chi connectivity index (χ2n) is 7.24. The molecule has 0 radical (unpaired) electrons. The largest absolute Gasteiger partial charge is 0.467 e. The zero-order chi connectivity index (χ0) is 16.9. The van der Waals surface area contributed by atoms with E-state index in [0.29, 0.717) is 11.4 Å². The highest BCUT2D eigenvalue weighted by atomic mass is 35.5. The Morgan fingerprint density at radius 3 is 2.79 bits per heavy atom. The smallest absolute Gasteiger partial charge is 0.163 e. The SMILES string of the molecule is CC1(C)CC(=O)C2=C(C1)Nc1ccc(Cl)cc1NC2c1ccco1. The highest BCUT2D eigenvalue weighted by Crippen LogP contribution is 2.45.